The first kappa shape index (κ1) is 21.0. The minimum atomic E-state index is -0.415. The van der Waals surface area contributed by atoms with Gasteiger partial charge in [-0.3, -0.25) is 0 Å². The van der Waals surface area contributed by atoms with Crippen molar-refractivity contribution in [2.45, 2.75) is 97.3 Å². The van der Waals surface area contributed by atoms with E-state index in [1.165, 1.54) is 70.6 Å². The molecule has 3 heteroatoms. The third-order valence-corrected chi connectivity index (χ3v) is 4.00. The van der Waals surface area contributed by atoms with E-state index in [1.54, 1.807) is 6.92 Å². The maximum absolute atomic E-state index is 11.2. The molecule has 0 saturated carbocycles. The number of hydrogen-bond acceptors (Lipinski definition) is 3. The molecule has 0 aliphatic rings. The Bertz CT molecular complexity index is 284. The van der Waals surface area contributed by atoms with E-state index in [-0.39, 0.29) is 5.57 Å². The number of hydrogen-bond donors (Lipinski definition) is 1. The van der Waals surface area contributed by atoms with Gasteiger partial charge in [0, 0.05) is 0 Å². The molecule has 0 aromatic carbocycles. The summed E-state index contributed by atoms with van der Waals surface area (Å²) >= 11 is 0. The van der Waals surface area contributed by atoms with Crippen LogP contribution < -0.4 is 0 Å². The van der Waals surface area contributed by atoms with Gasteiger partial charge < -0.3 is 9.84 Å². The van der Waals surface area contributed by atoms with Gasteiger partial charge in [0.25, 0.3) is 0 Å². The van der Waals surface area contributed by atoms with Crippen LogP contribution in [-0.2, 0) is 9.53 Å². The van der Waals surface area contributed by atoms with Crippen LogP contribution in [0, 0.1) is 0 Å². The minimum absolute atomic E-state index is 0.259. The summed E-state index contributed by atoms with van der Waals surface area (Å²) in [6.07, 6.45) is 17.8. The molecule has 0 fully saturated rings. The Morgan fingerprint density at radius 1 is 0.818 bits per heavy atom. The van der Waals surface area contributed by atoms with Gasteiger partial charge in [0.15, 0.2) is 0 Å². The third-order valence-electron chi connectivity index (χ3n) is 4.00. The monoisotopic (exact) mass is 312 g/mol. The molecule has 0 aliphatic carbocycles. The van der Waals surface area contributed by atoms with Crippen molar-refractivity contribution in [3.8, 4) is 0 Å². The summed E-state index contributed by atoms with van der Waals surface area (Å²) in [5.74, 6) is -0.415. The van der Waals surface area contributed by atoms with Gasteiger partial charge in [-0.25, -0.2) is 4.79 Å². The maximum atomic E-state index is 11.2. The summed E-state index contributed by atoms with van der Waals surface area (Å²) in [6, 6.07) is 0. The molecule has 22 heavy (non-hydrogen) atoms. The minimum Gasteiger partial charge on any atom is -0.515 e. The van der Waals surface area contributed by atoms with Crippen LogP contribution in [0.5, 0.6) is 0 Å². The SMILES string of the molecule is CCCCCCCCCCCCCCCOC(=O)C(C)=CO. The molecule has 3 nitrogen and oxygen atoms in total. The van der Waals surface area contributed by atoms with Gasteiger partial charge in [0.1, 0.15) is 0 Å². The predicted molar refractivity (Wildman–Crippen MR) is 93.0 cm³/mol. The zero-order valence-corrected chi connectivity index (χ0v) is 14.7. The molecule has 0 aromatic heterocycles. The van der Waals surface area contributed by atoms with Gasteiger partial charge >= 0.3 is 5.97 Å². The van der Waals surface area contributed by atoms with Crippen LogP contribution >= 0.6 is 0 Å². The van der Waals surface area contributed by atoms with Gasteiger partial charge in [-0.1, -0.05) is 84.0 Å². The van der Waals surface area contributed by atoms with E-state index in [2.05, 4.69) is 6.92 Å². The number of aliphatic hydroxyl groups excluding tert-OH is 1. The van der Waals surface area contributed by atoms with Crippen LogP contribution in [0.1, 0.15) is 97.3 Å². The Labute approximate surface area is 137 Å². The van der Waals surface area contributed by atoms with Crippen LogP contribution in [0.25, 0.3) is 0 Å². The predicted octanol–water partition coefficient (Wildman–Crippen LogP) is 6.08. The molecule has 0 amide bonds. The van der Waals surface area contributed by atoms with Gasteiger partial charge in [-0.15, -0.1) is 0 Å². The fourth-order valence-electron chi connectivity index (χ4n) is 2.45. The fourth-order valence-corrected chi connectivity index (χ4v) is 2.45. The van der Waals surface area contributed by atoms with Gasteiger partial charge in [-0.05, 0) is 13.3 Å². The summed E-state index contributed by atoms with van der Waals surface area (Å²) in [5, 5.41) is 8.66. The molecule has 0 unspecified atom stereocenters. The van der Waals surface area contributed by atoms with Crippen molar-refractivity contribution < 1.29 is 14.6 Å². The van der Waals surface area contributed by atoms with E-state index in [0.717, 1.165) is 19.1 Å². The average Bonchev–Trinajstić information content (AvgIpc) is 2.54. The number of ether oxygens (including phenoxy) is 1. The van der Waals surface area contributed by atoms with Gasteiger partial charge in [-0.2, -0.15) is 0 Å². The van der Waals surface area contributed by atoms with E-state index in [0.29, 0.717) is 6.61 Å². The zero-order chi connectivity index (χ0) is 16.5. The topological polar surface area (TPSA) is 46.5 Å². The second kappa shape index (κ2) is 16.4. The maximum Gasteiger partial charge on any atom is 0.336 e. The molecule has 0 aliphatic heterocycles. The molecule has 0 heterocycles. The third kappa shape index (κ3) is 14.0. The smallest absolute Gasteiger partial charge is 0.336 e. The van der Waals surface area contributed by atoms with E-state index in [9.17, 15) is 4.79 Å². The van der Waals surface area contributed by atoms with Crippen molar-refractivity contribution in [2.75, 3.05) is 6.61 Å². The molecular weight excluding hydrogens is 276 g/mol. The second-order valence-electron chi connectivity index (χ2n) is 6.19. The van der Waals surface area contributed by atoms with Crippen molar-refractivity contribution >= 4 is 5.97 Å². The molecule has 0 aromatic rings. The lowest BCUT2D eigenvalue weighted by atomic mass is 10.0. The summed E-state index contributed by atoms with van der Waals surface area (Å²) in [5.41, 5.74) is 0.259. The number of carbonyl (C=O) groups is 1. The summed E-state index contributed by atoms with van der Waals surface area (Å²) in [6.45, 7) is 4.27. The first-order chi connectivity index (χ1) is 10.7. The lowest BCUT2D eigenvalue weighted by molar-refractivity contribution is -0.139. The highest BCUT2D eigenvalue weighted by molar-refractivity contribution is 5.87. The van der Waals surface area contributed by atoms with Crippen molar-refractivity contribution in [2.24, 2.45) is 0 Å². The van der Waals surface area contributed by atoms with E-state index < -0.39 is 5.97 Å². The van der Waals surface area contributed by atoms with Gasteiger partial charge in [0.05, 0.1) is 18.4 Å². The largest absolute Gasteiger partial charge is 0.515 e. The van der Waals surface area contributed by atoms with Crippen LogP contribution in [0.15, 0.2) is 11.8 Å². The Hall–Kier alpha value is -0.990. The van der Waals surface area contributed by atoms with E-state index >= 15 is 0 Å². The molecule has 0 bridgehead atoms. The lowest BCUT2D eigenvalue weighted by Gasteiger charge is -2.05. The number of esters is 1. The second-order valence-corrected chi connectivity index (χ2v) is 6.19. The number of rotatable bonds is 15. The highest BCUT2D eigenvalue weighted by Crippen LogP contribution is 2.12. The molecule has 0 saturated heterocycles. The first-order valence-electron chi connectivity index (χ1n) is 9.20. The quantitative estimate of drug-likeness (QED) is 0.172. The average molecular weight is 312 g/mol. The Morgan fingerprint density at radius 2 is 1.23 bits per heavy atom. The Morgan fingerprint density at radius 3 is 1.64 bits per heavy atom. The Balaban J connectivity index is 3.13. The molecular formula is C19H36O3. The molecule has 0 radical (unpaired) electrons. The summed E-state index contributed by atoms with van der Waals surface area (Å²) in [4.78, 5) is 11.2. The number of unbranched alkanes of at least 4 members (excludes halogenated alkanes) is 12. The molecule has 0 atom stereocenters. The lowest BCUT2D eigenvalue weighted by Crippen LogP contribution is -2.07. The highest BCUT2D eigenvalue weighted by Gasteiger charge is 2.04. The normalized spacial score (nSPS) is 11.6. The van der Waals surface area contributed by atoms with E-state index in [1.807, 2.05) is 0 Å². The van der Waals surface area contributed by atoms with Gasteiger partial charge in [0.2, 0.25) is 0 Å². The molecule has 0 spiro atoms. The van der Waals surface area contributed by atoms with Crippen LogP contribution in [0.4, 0.5) is 0 Å². The zero-order valence-electron chi connectivity index (χ0n) is 14.7. The van der Waals surface area contributed by atoms with Crippen molar-refractivity contribution in [1.29, 1.82) is 0 Å². The van der Waals surface area contributed by atoms with Crippen LogP contribution in [0.3, 0.4) is 0 Å². The van der Waals surface area contributed by atoms with Crippen LogP contribution in [0.2, 0.25) is 0 Å². The first-order valence-corrected chi connectivity index (χ1v) is 9.20. The number of carbonyl (C=O) groups excluding carboxylic acids is 1. The van der Waals surface area contributed by atoms with Crippen molar-refractivity contribution in [3.63, 3.8) is 0 Å². The highest BCUT2D eigenvalue weighted by atomic mass is 16.5. The molecule has 130 valence electrons. The Kier molecular flexibility index (Phi) is 15.6. The standard InChI is InChI=1S/C19H36O3/c1-3-4-5-6-7-8-9-10-11-12-13-14-15-16-22-19(21)18(2)17-20/h17,20H,3-16H2,1-2H3. The molecule has 0 rings (SSSR count). The fraction of sp³-hybridized carbons (Fsp3) is 0.842. The van der Waals surface area contributed by atoms with E-state index in [4.69, 9.17) is 9.84 Å². The van der Waals surface area contributed by atoms with Crippen LogP contribution in [-0.4, -0.2) is 17.7 Å². The number of aliphatic hydroxyl groups is 1. The summed E-state index contributed by atoms with van der Waals surface area (Å²) in [7, 11) is 0. The summed E-state index contributed by atoms with van der Waals surface area (Å²) < 4.78 is 5.03. The van der Waals surface area contributed by atoms with Crippen molar-refractivity contribution in [3.05, 3.63) is 11.8 Å². The van der Waals surface area contributed by atoms with Crippen molar-refractivity contribution in [1.82, 2.24) is 0 Å². The molecule has 1 N–H and O–H groups in total.